The lowest BCUT2D eigenvalue weighted by Crippen LogP contribution is -2.51. The first-order chi connectivity index (χ1) is 22.3. The maximum Gasteiger partial charge on any atom is 0.319 e. The number of benzene rings is 3. The summed E-state index contributed by atoms with van der Waals surface area (Å²) in [6.07, 6.45) is 5.29. The van der Waals surface area contributed by atoms with Gasteiger partial charge in [-0.15, -0.1) is 0 Å². The molecule has 4 saturated heterocycles. The Morgan fingerprint density at radius 3 is 2.59 bits per heavy atom. The molecule has 4 fully saturated rings. The topological polar surface area (TPSA) is 73.8 Å². The molecule has 7 nitrogen and oxygen atoms in total. The SMILES string of the molecule is Oc1cc(-c2c3c(c4c(N5C[C@H]6CC[C@@H](C5)N6)nc(OC[C@@]56CCCN5C[C@H](F)C6)nc4c2F)CCC3)c2c(F)c(F)ccc2c1. The molecule has 9 rings (SSSR count). The minimum atomic E-state index is -1.09. The summed E-state index contributed by atoms with van der Waals surface area (Å²) >= 11 is 0. The number of hydrogen-bond acceptors (Lipinski definition) is 7. The normalized spacial score (nSPS) is 27.2. The van der Waals surface area contributed by atoms with Gasteiger partial charge >= 0.3 is 6.01 Å². The molecular formula is C35H35F4N5O2. The van der Waals surface area contributed by atoms with Crippen LogP contribution in [0.2, 0.25) is 0 Å². The smallest absolute Gasteiger partial charge is 0.319 e. The summed E-state index contributed by atoms with van der Waals surface area (Å²) in [4.78, 5) is 14.0. The number of aromatic hydroxyl groups is 1. The van der Waals surface area contributed by atoms with Crippen LogP contribution in [-0.2, 0) is 12.8 Å². The first kappa shape index (κ1) is 28.5. The van der Waals surface area contributed by atoms with E-state index < -0.39 is 29.2 Å². The zero-order valence-corrected chi connectivity index (χ0v) is 25.4. The number of piperazine rings is 1. The van der Waals surface area contributed by atoms with Crippen LogP contribution >= 0.6 is 0 Å². The summed E-state index contributed by atoms with van der Waals surface area (Å²) in [5.41, 5.74) is 1.44. The third kappa shape index (κ3) is 4.30. The van der Waals surface area contributed by atoms with Crippen molar-refractivity contribution in [1.29, 1.82) is 0 Å². The Labute approximate surface area is 263 Å². The van der Waals surface area contributed by atoms with E-state index in [1.807, 2.05) is 0 Å². The summed E-state index contributed by atoms with van der Waals surface area (Å²) in [7, 11) is 0. The quantitative estimate of drug-likeness (QED) is 0.263. The number of aromatic nitrogens is 2. The molecule has 0 saturated carbocycles. The first-order valence-corrected chi connectivity index (χ1v) is 16.5. The monoisotopic (exact) mass is 633 g/mol. The number of ether oxygens (including phenoxy) is 1. The number of fused-ring (bicyclic) bond motifs is 7. The van der Waals surface area contributed by atoms with E-state index in [9.17, 15) is 13.9 Å². The Balaban J connectivity index is 1.25. The molecule has 4 atom stereocenters. The second-order valence-electron chi connectivity index (χ2n) is 13.9. The molecule has 11 heteroatoms. The van der Waals surface area contributed by atoms with Gasteiger partial charge in [0.15, 0.2) is 17.5 Å². The van der Waals surface area contributed by atoms with Crippen LogP contribution in [0.5, 0.6) is 11.8 Å². The average molecular weight is 634 g/mol. The summed E-state index contributed by atoms with van der Waals surface area (Å²) in [6, 6.07) is 5.67. The van der Waals surface area contributed by atoms with E-state index in [1.54, 1.807) is 0 Å². The number of phenols is 1. The molecule has 1 aliphatic carbocycles. The maximum absolute atomic E-state index is 17.3. The van der Waals surface area contributed by atoms with E-state index in [2.05, 4.69) is 20.1 Å². The van der Waals surface area contributed by atoms with Gasteiger partial charge in [-0.2, -0.15) is 9.97 Å². The van der Waals surface area contributed by atoms with Gasteiger partial charge in [0, 0.05) is 54.5 Å². The number of phenolic OH excluding ortho intramolecular Hbond substituents is 1. The molecule has 2 N–H and O–H groups in total. The van der Waals surface area contributed by atoms with Crippen molar-refractivity contribution in [3.8, 4) is 22.9 Å². The molecule has 0 spiro atoms. The molecule has 1 aromatic heterocycles. The standard InChI is InChI=1S/C35H35F4N5O2/c36-19-13-35(9-2-10-44(35)14-19)17-46-34-41-32-29(33(42-34)43-15-20-6-7-21(16-43)40-20)24-4-1-3-23(24)28(31(32)39)25-12-22(45)11-18-5-8-26(37)30(38)27(18)25/h5,8,11-12,19-21,40,45H,1-4,6-7,9-10,13-17H2/t19-,20-,21+,35+/m1/s1. The van der Waals surface area contributed by atoms with Crippen LogP contribution in [0.15, 0.2) is 24.3 Å². The van der Waals surface area contributed by atoms with Crippen molar-refractivity contribution >= 4 is 27.5 Å². The summed E-state index contributed by atoms with van der Waals surface area (Å²) in [5.74, 6) is -2.37. The number of rotatable bonds is 5. The van der Waals surface area contributed by atoms with Gasteiger partial charge in [-0.3, -0.25) is 4.90 Å². The minimum absolute atomic E-state index is 0.0256. The third-order valence-electron chi connectivity index (χ3n) is 11.1. The number of halogens is 4. The molecule has 0 amide bonds. The lowest BCUT2D eigenvalue weighted by Gasteiger charge is -2.35. The van der Waals surface area contributed by atoms with Crippen LogP contribution in [0.4, 0.5) is 23.4 Å². The Hall–Kier alpha value is -3.70. The van der Waals surface area contributed by atoms with Gasteiger partial charge in [-0.1, -0.05) is 6.07 Å². The van der Waals surface area contributed by atoms with Crippen molar-refractivity contribution in [2.45, 2.75) is 75.2 Å². The van der Waals surface area contributed by atoms with Crippen molar-refractivity contribution in [1.82, 2.24) is 20.2 Å². The number of alkyl halides is 1. The molecule has 5 heterocycles. The van der Waals surface area contributed by atoms with Crippen LogP contribution in [0, 0.1) is 17.5 Å². The molecule has 46 heavy (non-hydrogen) atoms. The van der Waals surface area contributed by atoms with Crippen LogP contribution < -0.4 is 15.0 Å². The van der Waals surface area contributed by atoms with E-state index >= 15 is 8.78 Å². The maximum atomic E-state index is 17.3. The number of nitrogens with one attached hydrogen (secondary N) is 1. The molecule has 0 radical (unpaired) electrons. The fourth-order valence-electron chi connectivity index (χ4n) is 9.18. The van der Waals surface area contributed by atoms with Gasteiger partial charge in [-0.25, -0.2) is 17.6 Å². The van der Waals surface area contributed by atoms with E-state index in [0.717, 1.165) is 50.3 Å². The van der Waals surface area contributed by atoms with Crippen LogP contribution in [0.25, 0.3) is 32.8 Å². The minimum Gasteiger partial charge on any atom is -0.508 e. The second kappa shape index (κ2) is 10.4. The Kier molecular flexibility index (Phi) is 6.45. The number of hydrogen-bond donors (Lipinski definition) is 2. The molecule has 5 aliphatic rings. The van der Waals surface area contributed by atoms with E-state index in [4.69, 9.17) is 9.72 Å². The molecule has 0 unspecified atom stereocenters. The van der Waals surface area contributed by atoms with E-state index in [-0.39, 0.29) is 45.8 Å². The molecule has 4 aliphatic heterocycles. The fourth-order valence-corrected chi connectivity index (χ4v) is 9.18. The Morgan fingerprint density at radius 2 is 1.76 bits per heavy atom. The van der Waals surface area contributed by atoms with Crippen molar-refractivity contribution in [2.24, 2.45) is 0 Å². The predicted molar refractivity (Wildman–Crippen MR) is 167 cm³/mol. The summed E-state index contributed by atoms with van der Waals surface area (Å²) in [5, 5.41) is 15.1. The zero-order chi connectivity index (χ0) is 31.3. The fraction of sp³-hybridized carbons (Fsp3) is 0.486. The van der Waals surface area contributed by atoms with Crippen molar-refractivity contribution < 1.29 is 27.4 Å². The molecular weight excluding hydrogens is 598 g/mol. The second-order valence-corrected chi connectivity index (χ2v) is 13.9. The molecule has 4 aromatic rings. The molecule has 2 bridgehead atoms. The van der Waals surface area contributed by atoms with Gasteiger partial charge < -0.3 is 20.1 Å². The highest BCUT2D eigenvalue weighted by Gasteiger charge is 2.49. The number of anilines is 1. The van der Waals surface area contributed by atoms with Crippen LogP contribution in [0.3, 0.4) is 0 Å². The van der Waals surface area contributed by atoms with Crippen molar-refractivity contribution in [3.05, 3.63) is 52.8 Å². The lowest BCUT2D eigenvalue weighted by atomic mass is 9.89. The van der Waals surface area contributed by atoms with Gasteiger partial charge in [-0.05, 0) is 91.8 Å². The van der Waals surface area contributed by atoms with Gasteiger partial charge in [0.05, 0.1) is 5.54 Å². The van der Waals surface area contributed by atoms with E-state index in [1.165, 1.54) is 18.2 Å². The Morgan fingerprint density at radius 1 is 0.957 bits per heavy atom. The van der Waals surface area contributed by atoms with Gasteiger partial charge in [0.1, 0.15) is 29.9 Å². The highest BCUT2D eigenvalue weighted by molar-refractivity contribution is 6.04. The molecule has 3 aromatic carbocycles. The first-order valence-electron chi connectivity index (χ1n) is 16.5. The van der Waals surface area contributed by atoms with Crippen molar-refractivity contribution in [3.63, 3.8) is 0 Å². The average Bonchev–Trinajstić information content (AvgIpc) is 3.81. The van der Waals surface area contributed by atoms with E-state index in [0.29, 0.717) is 67.7 Å². The zero-order valence-electron chi connectivity index (χ0n) is 25.4. The number of nitrogens with zero attached hydrogens (tertiary/aromatic N) is 4. The van der Waals surface area contributed by atoms with Crippen LogP contribution in [-0.4, -0.2) is 76.6 Å². The predicted octanol–water partition coefficient (Wildman–Crippen LogP) is 5.96. The highest BCUT2D eigenvalue weighted by atomic mass is 19.2. The van der Waals surface area contributed by atoms with Gasteiger partial charge in [0.25, 0.3) is 0 Å². The van der Waals surface area contributed by atoms with Gasteiger partial charge in [0.2, 0.25) is 0 Å². The summed E-state index contributed by atoms with van der Waals surface area (Å²) in [6.45, 7) is 2.82. The Bertz CT molecular complexity index is 1910. The largest absolute Gasteiger partial charge is 0.508 e. The summed E-state index contributed by atoms with van der Waals surface area (Å²) < 4.78 is 68.1. The number of aryl methyl sites for hydroxylation is 1. The highest BCUT2D eigenvalue weighted by Crippen LogP contribution is 2.47. The van der Waals surface area contributed by atoms with Crippen molar-refractivity contribution in [2.75, 3.05) is 37.7 Å². The lowest BCUT2D eigenvalue weighted by molar-refractivity contribution is 0.107. The third-order valence-corrected chi connectivity index (χ3v) is 11.1. The molecule has 240 valence electrons. The van der Waals surface area contributed by atoms with Crippen LogP contribution in [0.1, 0.15) is 49.7 Å².